The molecule has 0 bridgehead atoms. The molecule has 7 nitrogen and oxygen atoms in total. The van der Waals surface area contributed by atoms with E-state index in [2.05, 4.69) is 20.9 Å². The first-order chi connectivity index (χ1) is 16.4. The van der Waals surface area contributed by atoms with Crippen molar-refractivity contribution < 1.29 is 14.0 Å². The summed E-state index contributed by atoms with van der Waals surface area (Å²) in [6, 6.07) is 19.7. The summed E-state index contributed by atoms with van der Waals surface area (Å²) in [5, 5.41) is 11.4. The van der Waals surface area contributed by atoms with Crippen molar-refractivity contribution in [3.8, 4) is 16.9 Å². The van der Waals surface area contributed by atoms with Crippen LogP contribution in [0, 0.1) is 5.82 Å². The summed E-state index contributed by atoms with van der Waals surface area (Å²) in [6.45, 7) is 0. The molecular formula is C24H16Cl2FN5O2. The highest BCUT2D eigenvalue weighted by Crippen LogP contribution is 2.25. The number of hydrogen-bond donors (Lipinski definition) is 2. The summed E-state index contributed by atoms with van der Waals surface area (Å²) in [5.74, 6) is -2.36. The number of para-hydroxylation sites is 1. The maximum atomic E-state index is 13.4. The summed E-state index contributed by atoms with van der Waals surface area (Å²) in [7, 11) is 0. The maximum absolute atomic E-state index is 13.4. The molecule has 0 saturated carbocycles. The van der Waals surface area contributed by atoms with Crippen LogP contribution < -0.4 is 10.7 Å². The number of halogens is 3. The van der Waals surface area contributed by atoms with E-state index in [9.17, 15) is 14.0 Å². The van der Waals surface area contributed by atoms with Crippen LogP contribution in [0.3, 0.4) is 0 Å². The molecule has 4 aromatic rings. The van der Waals surface area contributed by atoms with E-state index in [0.29, 0.717) is 21.8 Å². The Labute approximate surface area is 203 Å². The highest BCUT2D eigenvalue weighted by atomic mass is 35.5. The predicted octanol–water partition coefficient (Wildman–Crippen LogP) is 5.07. The van der Waals surface area contributed by atoms with Gasteiger partial charge in [0.25, 0.3) is 0 Å². The number of aromatic nitrogens is 2. The summed E-state index contributed by atoms with van der Waals surface area (Å²) < 4.78 is 15.0. The van der Waals surface area contributed by atoms with E-state index in [1.165, 1.54) is 30.5 Å². The van der Waals surface area contributed by atoms with Crippen molar-refractivity contribution in [2.45, 2.75) is 0 Å². The average molecular weight is 496 g/mol. The van der Waals surface area contributed by atoms with Gasteiger partial charge in [-0.05, 0) is 54.6 Å². The van der Waals surface area contributed by atoms with Gasteiger partial charge in [0.05, 0.1) is 22.6 Å². The second kappa shape index (κ2) is 10.3. The molecule has 0 aliphatic heterocycles. The van der Waals surface area contributed by atoms with Gasteiger partial charge in [0.1, 0.15) is 11.5 Å². The molecule has 4 rings (SSSR count). The van der Waals surface area contributed by atoms with Gasteiger partial charge in [-0.25, -0.2) is 14.5 Å². The summed E-state index contributed by atoms with van der Waals surface area (Å²) >= 11 is 11.9. The minimum Gasteiger partial charge on any atom is -0.316 e. The third-order valence-corrected chi connectivity index (χ3v) is 5.20. The Morgan fingerprint density at radius 2 is 1.71 bits per heavy atom. The van der Waals surface area contributed by atoms with Crippen LogP contribution in [0.25, 0.3) is 16.9 Å². The molecule has 170 valence electrons. The molecule has 0 saturated heterocycles. The van der Waals surface area contributed by atoms with Gasteiger partial charge in [-0.15, -0.1) is 0 Å². The van der Waals surface area contributed by atoms with Crippen molar-refractivity contribution in [1.82, 2.24) is 15.2 Å². The van der Waals surface area contributed by atoms with Crippen molar-refractivity contribution >= 4 is 46.9 Å². The minimum atomic E-state index is -1.01. The van der Waals surface area contributed by atoms with Gasteiger partial charge in [-0.2, -0.15) is 10.2 Å². The molecule has 2 amide bonds. The van der Waals surface area contributed by atoms with Crippen LogP contribution in [0.5, 0.6) is 0 Å². The van der Waals surface area contributed by atoms with Crippen LogP contribution in [0.15, 0.2) is 84.1 Å². The van der Waals surface area contributed by atoms with Gasteiger partial charge in [0, 0.05) is 22.3 Å². The fraction of sp³-hybridized carbons (Fsp3) is 0. The number of carbonyl (C=O) groups is 2. The molecule has 0 unspecified atom stereocenters. The molecule has 3 aromatic carbocycles. The second-order valence-electron chi connectivity index (χ2n) is 7.00. The quantitative estimate of drug-likeness (QED) is 0.230. The first kappa shape index (κ1) is 23.2. The molecule has 34 heavy (non-hydrogen) atoms. The zero-order chi connectivity index (χ0) is 24.1. The third-order valence-electron chi connectivity index (χ3n) is 4.63. The lowest BCUT2D eigenvalue weighted by molar-refractivity contribution is -0.136. The van der Waals surface area contributed by atoms with Crippen molar-refractivity contribution in [2.24, 2.45) is 5.10 Å². The number of benzene rings is 3. The number of nitrogens with one attached hydrogen (secondary N) is 2. The number of amides is 2. The second-order valence-corrected chi connectivity index (χ2v) is 7.84. The zero-order valence-corrected chi connectivity index (χ0v) is 18.9. The average Bonchev–Trinajstić information content (AvgIpc) is 3.26. The highest BCUT2D eigenvalue weighted by molar-refractivity contribution is 6.42. The lowest BCUT2D eigenvalue weighted by atomic mass is 10.1. The maximum Gasteiger partial charge on any atom is 0.329 e. The molecule has 2 N–H and O–H groups in total. The van der Waals surface area contributed by atoms with E-state index in [-0.39, 0.29) is 16.5 Å². The lowest BCUT2D eigenvalue weighted by Crippen LogP contribution is -2.32. The van der Waals surface area contributed by atoms with Gasteiger partial charge < -0.3 is 5.32 Å². The Morgan fingerprint density at radius 1 is 0.971 bits per heavy atom. The van der Waals surface area contributed by atoms with Crippen LogP contribution in [-0.2, 0) is 9.59 Å². The van der Waals surface area contributed by atoms with E-state index in [4.69, 9.17) is 23.2 Å². The van der Waals surface area contributed by atoms with Crippen molar-refractivity contribution in [1.29, 1.82) is 0 Å². The number of hydrogen-bond acceptors (Lipinski definition) is 4. The Morgan fingerprint density at radius 3 is 2.44 bits per heavy atom. The molecular weight excluding hydrogens is 480 g/mol. The van der Waals surface area contributed by atoms with Crippen LogP contribution in [0.4, 0.5) is 10.1 Å². The molecule has 0 atom stereocenters. The predicted molar refractivity (Wildman–Crippen MR) is 130 cm³/mol. The van der Waals surface area contributed by atoms with Crippen LogP contribution in [-0.4, -0.2) is 27.8 Å². The SMILES string of the molecule is O=C(NN=Cc1cn(-c2ccccc2)nc1-c1ccc(F)cc1)C(=O)Nc1cc(Cl)ccc1Cl. The van der Waals surface area contributed by atoms with E-state index >= 15 is 0 Å². The van der Waals surface area contributed by atoms with Gasteiger partial charge in [-0.1, -0.05) is 41.4 Å². The molecule has 10 heteroatoms. The van der Waals surface area contributed by atoms with Crippen molar-refractivity contribution in [2.75, 3.05) is 5.32 Å². The first-order valence-corrected chi connectivity index (χ1v) is 10.7. The zero-order valence-electron chi connectivity index (χ0n) is 17.4. The van der Waals surface area contributed by atoms with Gasteiger partial charge in [0.15, 0.2) is 0 Å². The Balaban J connectivity index is 1.54. The topological polar surface area (TPSA) is 88.4 Å². The van der Waals surface area contributed by atoms with Gasteiger partial charge in [0.2, 0.25) is 0 Å². The third kappa shape index (κ3) is 5.48. The number of nitrogens with zero attached hydrogens (tertiary/aromatic N) is 3. The molecule has 0 fully saturated rings. The fourth-order valence-electron chi connectivity index (χ4n) is 3.01. The molecule has 0 radical (unpaired) electrons. The Bertz CT molecular complexity index is 1370. The molecule has 0 aliphatic carbocycles. The van der Waals surface area contributed by atoms with Crippen molar-refractivity contribution in [3.63, 3.8) is 0 Å². The van der Waals surface area contributed by atoms with Crippen LogP contribution in [0.2, 0.25) is 10.0 Å². The van der Waals surface area contributed by atoms with Crippen molar-refractivity contribution in [3.05, 3.63) is 100 Å². The molecule has 1 heterocycles. The smallest absolute Gasteiger partial charge is 0.316 e. The molecule has 1 aromatic heterocycles. The normalized spacial score (nSPS) is 10.9. The molecule has 0 spiro atoms. The summed E-state index contributed by atoms with van der Waals surface area (Å²) in [6.07, 6.45) is 3.05. The highest BCUT2D eigenvalue weighted by Gasteiger charge is 2.16. The van der Waals surface area contributed by atoms with Gasteiger partial charge in [-0.3, -0.25) is 9.59 Å². The van der Waals surface area contributed by atoms with E-state index < -0.39 is 11.8 Å². The van der Waals surface area contributed by atoms with E-state index in [1.54, 1.807) is 29.1 Å². The summed E-state index contributed by atoms with van der Waals surface area (Å²) in [4.78, 5) is 24.4. The van der Waals surface area contributed by atoms with Crippen LogP contribution >= 0.6 is 23.2 Å². The van der Waals surface area contributed by atoms with Crippen LogP contribution in [0.1, 0.15) is 5.56 Å². The Kier molecular flexibility index (Phi) is 7.01. The number of hydrazone groups is 1. The number of anilines is 1. The standard InChI is InChI=1S/C24H16Cl2FN5O2/c25-17-8-11-20(26)21(12-17)29-23(33)24(34)30-28-13-16-14-32(19-4-2-1-3-5-19)31-22(16)15-6-9-18(27)10-7-15/h1-14H,(H,29,33)(H,30,34). The number of carbonyl (C=O) groups excluding carboxylic acids is 2. The molecule has 0 aliphatic rings. The monoisotopic (exact) mass is 495 g/mol. The fourth-order valence-corrected chi connectivity index (χ4v) is 3.35. The van der Waals surface area contributed by atoms with Gasteiger partial charge >= 0.3 is 11.8 Å². The lowest BCUT2D eigenvalue weighted by Gasteiger charge is -2.06. The Hall–Kier alpha value is -4.01. The van der Waals surface area contributed by atoms with E-state index in [0.717, 1.165) is 5.69 Å². The first-order valence-electron chi connectivity index (χ1n) is 9.91. The summed E-state index contributed by atoms with van der Waals surface area (Å²) in [5.41, 5.74) is 4.86. The number of rotatable bonds is 5. The minimum absolute atomic E-state index is 0.195. The van der Waals surface area contributed by atoms with E-state index in [1.807, 2.05) is 30.3 Å². The largest absolute Gasteiger partial charge is 0.329 e.